The first kappa shape index (κ1) is 29.6. The van der Waals surface area contributed by atoms with E-state index >= 15 is 0 Å². The Morgan fingerprint density at radius 1 is 1.36 bits per heavy atom. The molecule has 14 nitrogen and oxygen atoms in total. The summed E-state index contributed by atoms with van der Waals surface area (Å²) in [5, 5.41) is 24.8. The third-order valence-electron chi connectivity index (χ3n) is 6.51. The van der Waals surface area contributed by atoms with Crippen LogP contribution in [0.1, 0.15) is 22.7 Å². The Balaban J connectivity index is 1.40. The molecule has 0 aromatic carbocycles. The van der Waals surface area contributed by atoms with Crippen LogP contribution in [0.25, 0.3) is 0 Å². The average molecular weight is 631 g/mol. The molecule has 5 heterocycles. The van der Waals surface area contributed by atoms with Gasteiger partial charge in [0.25, 0.3) is 11.8 Å². The number of aryl methyl sites for hydroxylation is 2. The molecule has 0 saturated carbocycles. The Hall–Kier alpha value is -3.93. The van der Waals surface area contributed by atoms with E-state index < -0.39 is 34.6 Å². The first-order valence-electron chi connectivity index (χ1n) is 12.5. The van der Waals surface area contributed by atoms with Gasteiger partial charge < -0.3 is 25.5 Å². The molecule has 1 fully saturated rings. The minimum absolute atomic E-state index is 0.120. The molecule has 2 amide bonds. The van der Waals surface area contributed by atoms with E-state index in [1.165, 1.54) is 35.5 Å². The van der Waals surface area contributed by atoms with E-state index in [0.717, 1.165) is 27.5 Å². The fraction of sp³-hybridized carbons (Fsp3) is 0.320. The number of hydrogen-bond donors (Lipinski definition) is 4. The molecule has 1 unspecified atom stereocenters. The van der Waals surface area contributed by atoms with Gasteiger partial charge in [-0.15, -0.1) is 34.9 Å². The smallest absolute Gasteiger partial charge is 0.352 e. The quantitative estimate of drug-likeness (QED) is 0.0786. The summed E-state index contributed by atoms with van der Waals surface area (Å²) in [5.41, 5.74) is 7.74. The minimum Gasteiger partial charge on any atom is -0.477 e. The van der Waals surface area contributed by atoms with Gasteiger partial charge in [0, 0.05) is 40.5 Å². The Kier molecular flexibility index (Phi) is 8.81. The molecular weight excluding hydrogens is 605 g/mol. The molecule has 5 N–H and O–H groups in total. The number of fused-ring (bicyclic) bond motifs is 1. The number of pyridine rings is 1. The topological polar surface area (TPSA) is 198 Å². The number of carbonyl (C=O) groups excluding carboxylic acids is 2. The van der Waals surface area contributed by atoms with Crippen molar-refractivity contribution >= 4 is 63.5 Å². The number of aliphatic carboxylic acids is 1. The van der Waals surface area contributed by atoms with Crippen molar-refractivity contribution in [3.8, 4) is 0 Å². The van der Waals surface area contributed by atoms with Crippen LogP contribution in [0, 0.1) is 13.8 Å². The van der Waals surface area contributed by atoms with Crippen LogP contribution in [0.2, 0.25) is 0 Å². The summed E-state index contributed by atoms with van der Waals surface area (Å²) in [6, 6.07) is 2.67. The summed E-state index contributed by atoms with van der Waals surface area (Å²) >= 11 is 3.89. The number of carbonyl (C=O) groups is 3. The molecule has 2 aliphatic heterocycles. The number of carboxylic acid groups (broad SMARTS) is 1. The van der Waals surface area contributed by atoms with Gasteiger partial charge in [0.2, 0.25) is 0 Å². The number of amides is 2. The van der Waals surface area contributed by atoms with E-state index in [1.807, 2.05) is 26.0 Å². The molecule has 1 saturated heterocycles. The molecule has 42 heavy (non-hydrogen) atoms. The number of oxime groups is 1. The van der Waals surface area contributed by atoms with Crippen molar-refractivity contribution in [2.75, 3.05) is 18.6 Å². The zero-order valence-corrected chi connectivity index (χ0v) is 25.0. The van der Waals surface area contributed by atoms with E-state index in [2.05, 4.69) is 30.9 Å². The zero-order chi connectivity index (χ0) is 30.0. The number of nitrogens with one attached hydrogen (secondary N) is 2. The molecule has 3 aromatic heterocycles. The highest BCUT2D eigenvalue weighted by atomic mass is 32.2. The summed E-state index contributed by atoms with van der Waals surface area (Å²) in [4.78, 5) is 54.1. The molecule has 3 aromatic rings. The number of anilines is 1. The predicted octanol–water partition coefficient (Wildman–Crippen LogP) is 1.72. The van der Waals surface area contributed by atoms with Crippen LogP contribution >= 0.6 is 34.9 Å². The number of rotatable bonds is 11. The number of thiazole rings is 1. The van der Waals surface area contributed by atoms with Crippen LogP contribution in [0.3, 0.4) is 0 Å². The van der Waals surface area contributed by atoms with E-state index in [4.69, 9.17) is 15.1 Å². The fourth-order valence-electron chi connectivity index (χ4n) is 4.48. The lowest BCUT2D eigenvalue weighted by atomic mass is 10.0. The van der Waals surface area contributed by atoms with Crippen LogP contribution in [-0.2, 0) is 25.8 Å². The third kappa shape index (κ3) is 5.85. The Morgan fingerprint density at radius 3 is 2.74 bits per heavy atom. The number of β-lactam (4-membered cyclic amide) rings is 1. The normalized spacial score (nSPS) is 19.3. The fourth-order valence-corrected chi connectivity index (χ4v) is 7.58. The molecule has 3 atom stereocenters. The van der Waals surface area contributed by atoms with E-state index in [1.54, 1.807) is 17.8 Å². The van der Waals surface area contributed by atoms with Gasteiger partial charge in [-0.05, 0) is 31.6 Å². The Bertz CT molecular complexity index is 1550. The molecule has 17 heteroatoms. The maximum atomic E-state index is 13.4. The molecule has 0 spiro atoms. The van der Waals surface area contributed by atoms with Gasteiger partial charge in [-0.3, -0.25) is 24.8 Å². The minimum atomic E-state index is -1.24. The highest BCUT2D eigenvalue weighted by Gasteiger charge is 2.55. The van der Waals surface area contributed by atoms with Crippen molar-refractivity contribution < 1.29 is 28.9 Å². The van der Waals surface area contributed by atoms with Crippen LogP contribution < -0.4 is 16.4 Å². The summed E-state index contributed by atoms with van der Waals surface area (Å²) in [6.07, 6.45) is 3.30. The maximum Gasteiger partial charge on any atom is 0.352 e. The molecule has 220 valence electrons. The summed E-state index contributed by atoms with van der Waals surface area (Å²) in [5.74, 6) is -1.54. The summed E-state index contributed by atoms with van der Waals surface area (Å²) in [7, 11) is 1.28. The van der Waals surface area contributed by atoms with Gasteiger partial charge >= 0.3 is 5.97 Å². The number of nitrogen functional groups attached to an aromatic ring is 1. The standard InChI is InChI=1S/C25H26N8O6S3/c1-11-14(12(2)39-31-11)8-28-21(42-13-4-6-27-7-5-13)15-9-40-23-18(22(35)33(23)19(15)24(36)37)30-20(34)17(32-38-3)16-10-41-25(26)29-16/h4-7,10,18,21,23,28H,8-9H2,1-3H3,(H2,26,29)(H,30,34)(H,36,37)/b32-17-/t18-,21?,23-/m1/s1. The van der Waals surface area contributed by atoms with Crippen LogP contribution in [0.4, 0.5) is 5.13 Å². The lowest BCUT2D eigenvalue weighted by Crippen LogP contribution is -2.71. The zero-order valence-electron chi connectivity index (χ0n) is 22.6. The first-order chi connectivity index (χ1) is 20.2. The third-order valence-corrected chi connectivity index (χ3v) is 9.72. The number of nitrogens with two attached hydrogens (primary N) is 1. The van der Waals surface area contributed by atoms with Crippen molar-refractivity contribution in [1.29, 1.82) is 0 Å². The van der Waals surface area contributed by atoms with Crippen molar-refractivity contribution in [2.45, 2.75) is 42.1 Å². The van der Waals surface area contributed by atoms with Crippen LogP contribution in [0.5, 0.6) is 0 Å². The number of aromatic nitrogens is 3. The predicted molar refractivity (Wildman–Crippen MR) is 156 cm³/mol. The van der Waals surface area contributed by atoms with E-state index in [9.17, 15) is 19.5 Å². The molecular formula is C25H26N8O6S3. The summed E-state index contributed by atoms with van der Waals surface area (Å²) in [6.45, 7) is 4.01. The highest BCUT2D eigenvalue weighted by Crippen LogP contribution is 2.43. The maximum absolute atomic E-state index is 13.4. The van der Waals surface area contributed by atoms with E-state index in [0.29, 0.717) is 23.6 Å². The number of nitrogens with zero attached hydrogens (tertiary/aromatic N) is 5. The molecule has 2 aliphatic rings. The van der Waals surface area contributed by atoms with Gasteiger partial charge in [-0.2, -0.15) is 0 Å². The van der Waals surface area contributed by atoms with Gasteiger partial charge in [0.15, 0.2) is 10.8 Å². The van der Waals surface area contributed by atoms with Crippen molar-refractivity contribution in [3.05, 3.63) is 63.9 Å². The monoisotopic (exact) mass is 630 g/mol. The Morgan fingerprint density at radius 2 is 2.12 bits per heavy atom. The van der Waals surface area contributed by atoms with Crippen LogP contribution in [-0.4, -0.2) is 78.3 Å². The van der Waals surface area contributed by atoms with Gasteiger partial charge in [0.05, 0.1) is 11.1 Å². The summed E-state index contributed by atoms with van der Waals surface area (Å²) < 4.78 is 5.28. The van der Waals surface area contributed by atoms with Crippen molar-refractivity contribution in [1.82, 2.24) is 30.7 Å². The van der Waals surface area contributed by atoms with Crippen LogP contribution in [0.15, 0.2) is 55.8 Å². The van der Waals surface area contributed by atoms with Crippen molar-refractivity contribution in [2.24, 2.45) is 5.16 Å². The highest BCUT2D eigenvalue weighted by molar-refractivity contribution is 8.01. The number of carboxylic acids is 1. The van der Waals surface area contributed by atoms with Crippen molar-refractivity contribution in [3.63, 3.8) is 0 Å². The first-order valence-corrected chi connectivity index (χ1v) is 15.3. The lowest BCUT2D eigenvalue weighted by Gasteiger charge is -2.50. The Labute approximate surface area is 252 Å². The molecule has 5 rings (SSSR count). The second-order valence-electron chi connectivity index (χ2n) is 9.10. The average Bonchev–Trinajstić information content (AvgIpc) is 3.55. The molecule has 0 aliphatic carbocycles. The lowest BCUT2D eigenvalue weighted by molar-refractivity contribution is -0.150. The van der Waals surface area contributed by atoms with E-state index in [-0.39, 0.29) is 22.2 Å². The van der Waals surface area contributed by atoms with Gasteiger partial charge in [-0.25, -0.2) is 9.78 Å². The number of thioether (sulfide) groups is 2. The second-order valence-corrected chi connectivity index (χ2v) is 12.3. The molecule has 0 radical (unpaired) electrons. The van der Waals surface area contributed by atoms with Gasteiger partial charge in [0.1, 0.15) is 35.7 Å². The largest absolute Gasteiger partial charge is 0.477 e. The molecule has 0 bridgehead atoms. The SMILES string of the molecule is CO/N=C(\C(=O)N[C@@H]1C(=O)N2C(C(=O)O)=C(C(NCc3c(C)noc3C)Sc3ccncc3)CS[C@H]12)c1csc(N)n1. The second kappa shape index (κ2) is 12.5. The number of hydrogen-bond acceptors (Lipinski definition) is 14. The van der Waals surface area contributed by atoms with Gasteiger partial charge in [-0.1, -0.05) is 10.3 Å².